The van der Waals surface area contributed by atoms with Gasteiger partial charge in [0.25, 0.3) is 0 Å². The van der Waals surface area contributed by atoms with Crippen LogP contribution in [0.5, 0.6) is 0 Å². The Morgan fingerprint density at radius 1 is 1.57 bits per heavy atom. The van der Waals surface area contributed by atoms with Crippen molar-refractivity contribution < 1.29 is 18.3 Å². The zero-order valence-corrected chi connectivity index (χ0v) is 8.96. The number of nitrogens with zero attached hydrogens (tertiary/aromatic N) is 1. The number of sulfone groups is 1. The van der Waals surface area contributed by atoms with E-state index in [4.69, 9.17) is 5.11 Å². The molecule has 0 spiro atoms. The fourth-order valence-electron chi connectivity index (χ4n) is 1.47. The average Bonchev–Trinajstić information content (AvgIpc) is 2.42. The first-order valence-electron chi connectivity index (χ1n) is 4.48. The second kappa shape index (κ2) is 4.27. The summed E-state index contributed by atoms with van der Waals surface area (Å²) < 4.78 is 21.7. The number of likely N-dealkylation sites (tertiary alicyclic amines) is 1. The molecule has 1 heterocycles. The fraction of sp³-hybridized carbons (Fsp3) is 0.875. The smallest absolute Gasteiger partial charge is 0.223 e. The molecule has 82 valence electrons. The van der Waals surface area contributed by atoms with Gasteiger partial charge in [-0.1, -0.05) is 0 Å². The van der Waals surface area contributed by atoms with Crippen LogP contribution in [0.15, 0.2) is 0 Å². The molecule has 1 fully saturated rings. The molecule has 0 aliphatic carbocycles. The molecule has 14 heavy (non-hydrogen) atoms. The summed E-state index contributed by atoms with van der Waals surface area (Å²) in [5.74, 6) is -0.0913. The van der Waals surface area contributed by atoms with Crippen LogP contribution in [0.4, 0.5) is 0 Å². The van der Waals surface area contributed by atoms with Crippen LogP contribution in [0, 0.1) is 5.92 Å². The van der Waals surface area contributed by atoms with E-state index >= 15 is 0 Å². The lowest BCUT2D eigenvalue weighted by Crippen LogP contribution is -2.30. The van der Waals surface area contributed by atoms with Gasteiger partial charge in [-0.15, -0.1) is 0 Å². The van der Waals surface area contributed by atoms with Gasteiger partial charge in [-0.25, -0.2) is 8.42 Å². The van der Waals surface area contributed by atoms with Crippen LogP contribution in [0.25, 0.3) is 0 Å². The summed E-state index contributed by atoms with van der Waals surface area (Å²) in [7, 11) is -3.02. The van der Waals surface area contributed by atoms with Crippen LogP contribution in [0.2, 0.25) is 0 Å². The predicted molar refractivity (Wildman–Crippen MR) is 51.5 cm³/mol. The van der Waals surface area contributed by atoms with Gasteiger partial charge in [0.05, 0.1) is 5.75 Å². The van der Waals surface area contributed by atoms with E-state index < -0.39 is 9.84 Å². The lowest BCUT2D eigenvalue weighted by molar-refractivity contribution is -0.127. The lowest BCUT2D eigenvalue weighted by Gasteiger charge is -2.15. The number of amides is 1. The van der Waals surface area contributed by atoms with E-state index in [1.54, 1.807) is 0 Å². The molecular weight excluding hydrogens is 206 g/mol. The number of carbonyl (C=O) groups is 1. The summed E-state index contributed by atoms with van der Waals surface area (Å²) in [6, 6.07) is 0. The number of hydrogen-bond acceptors (Lipinski definition) is 4. The van der Waals surface area contributed by atoms with E-state index in [0.717, 1.165) is 6.26 Å². The van der Waals surface area contributed by atoms with E-state index in [-0.39, 0.29) is 30.7 Å². The van der Waals surface area contributed by atoms with Crippen molar-refractivity contribution in [2.45, 2.75) is 6.42 Å². The Kier molecular flexibility index (Phi) is 3.49. The number of hydrogen-bond donors (Lipinski definition) is 1. The lowest BCUT2D eigenvalue weighted by atomic mass is 10.1. The van der Waals surface area contributed by atoms with Gasteiger partial charge in [-0.3, -0.25) is 4.79 Å². The first-order chi connectivity index (χ1) is 6.42. The third-order valence-electron chi connectivity index (χ3n) is 2.28. The van der Waals surface area contributed by atoms with Crippen molar-refractivity contribution in [2.75, 3.05) is 31.7 Å². The van der Waals surface area contributed by atoms with Gasteiger partial charge in [0.2, 0.25) is 5.91 Å². The van der Waals surface area contributed by atoms with Gasteiger partial charge < -0.3 is 10.0 Å². The number of rotatable bonds is 4. The second-order valence-corrected chi connectivity index (χ2v) is 5.98. The Morgan fingerprint density at radius 3 is 2.64 bits per heavy atom. The molecule has 5 nitrogen and oxygen atoms in total. The molecule has 1 N–H and O–H groups in total. The molecule has 0 aromatic rings. The molecule has 0 radical (unpaired) electrons. The standard InChI is InChI=1S/C8H15NO4S/c1-14(12,13)3-2-9-5-7(6-10)4-8(9)11/h7,10H,2-6H2,1H3. The molecule has 1 saturated heterocycles. The molecule has 1 aliphatic rings. The Labute approximate surface area is 83.6 Å². The van der Waals surface area contributed by atoms with Crippen LogP contribution in [0.1, 0.15) is 6.42 Å². The average molecular weight is 221 g/mol. The Hall–Kier alpha value is -0.620. The predicted octanol–water partition coefficient (Wildman–Crippen LogP) is -1.13. The topological polar surface area (TPSA) is 74.7 Å². The molecule has 1 amide bonds. The molecule has 0 aromatic heterocycles. The Morgan fingerprint density at radius 2 is 2.21 bits per heavy atom. The molecule has 1 unspecified atom stereocenters. The normalized spacial score (nSPS) is 23.1. The van der Waals surface area contributed by atoms with Crippen molar-refractivity contribution in [3.8, 4) is 0 Å². The van der Waals surface area contributed by atoms with Crippen LogP contribution in [-0.4, -0.2) is 56.0 Å². The van der Waals surface area contributed by atoms with E-state index in [2.05, 4.69) is 0 Å². The quantitative estimate of drug-likeness (QED) is 0.652. The number of aliphatic hydroxyl groups is 1. The van der Waals surface area contributed by atoms with Crippen LogP contribution in [-0.2, 0) is 14.6 Å². The van der Waals surface area contributed by atoms with Gasteiger partial charge in [-0.05, 0) is 0 Å². The van der Waals surface area contributed by atoms with Gasteiger partial charge in [0, 0.05) is 38.3 Å². The van der Waals surface area contributed by atoms with Crippen molar-refractivity contribution in [3.05, 3.63) is 0 Å². The fourth-order valence-corrected chi connectivity index (χ4v) is 2.02. The summed E-state index contributed by atoms with van der Waals surface area (Å²) in [6.45, 7) is 0.708. The molecule has 0 saturated carbocycles. The zero-order chi connectivity index (χ0) is 10.8. The van der Waals surface area contributed by atoms with Crippen molar-refractivity contribution >= 4 is 15.7 Å². The minimum Gasteiger partial charge on any atom is -0.396 e. The minimum atomic E-state index is -3.02. The monoisotopic (exact) mass is 221 g/mol. The zero-order valence-electron chi connectivity index (χ0n) is 8.14. The second-order valence-electron chi connectivity index (χ2n) is 3.72. The maximum Gasteiger partial charge on any atom is 0.223 e. The summed E-state index contributed by atoms with van der Waals surface area (Å²) in [6.07, 6.45) is 1.48. The summed E-state index contributed by atoms with van der Waals surface area (Å²) in [5, 5.41) is 8.83. The Bertz CT molecular complexity index is 311. The Balaban J connectivity index is 2.43. The molecule has 1 aliphatic heterocycles. The molecule has 1 rings (SSSR count). The first-order valence-corrected chi connectivity index (χ1v) is 6.55. The van der Waals surface area contributed by atoms with Gasteiger partial charge >= 0.3 is 0 Å². The third kappa shape index (κ3) is 3.26. The van der Waals surface area contributed by atoms with E-state index in [0.29, 0.717) is 13.0 Å². The molecular formula is C8H15NO4S. The highest BCUT2D eigenvalue weighted by molar-refractivity contribution is 7.90. The minimum absolute atomic E-state index is 0.00309. The van der Waals surface area contributed by atoms with E-state index in [1.807, 2.05) is 0 Å². The highest BCUT2D eigenvalue weighted by atomic mass is 32.2. The maximum atomic E-state index is 11.3. The van der Waals surface area contributed by atoms with Crippen LogP contribution < -0.4 is 0 Å². The largest absolute Gasteiger partial charge is 0.396 e. The van der Waals surface area contributed by atoms with Crippen LogP contribution >= 0.6 is 0 Å². The van der Waals surface area contributed by atoms with Crippen molar-refractivity contribution in [3.63, 3.8) is 0 Å². The van der Waals surface area contributed by atoms with Gasteiger partial charge in [-0.2, -0.15) is 0 Å². The molecule has 6 heteroatoms. The number of aliphatic hydroxyl groups excluding tert-OH is 1. The van der Waals surface area contributed by atoms with Crippen molar-refractivity contribution in [1.29, 1.82) is 0 Å². The van der Waals surface area contributed by atoms with Crippen LogP contribution in [0.3, 0.4) is 0 Å². The maximum absolute atomic E-state index is 11.3. The van der Waals surface area contributed by atoms with Gasteiger partial charge in [0.15, 0.2) is 0 Å². The molecule has 0 aromatic carbocycles. The molecule has 1 atom stereocenters. The van der Waals surface area contributed by atoms with E-state index in [1.165, 1.54) is 4.90 Å². The summed E-state index contributed by atoms with van der Waals surface area (Å²) in [4.78, 5) is 12.8. The van der Waals surface area contributed by atoms with Crippen molar-refractivity contribution in [1.82, 2.24) is 4.90 Å². The highest BCUT2D eigenvalue weighted by Gasteiger charge is 2.28. The first kappa shape index (κ1) is 11.5. The summed E-state index contributed by atoms with van der Waals surface area (Å²) >= 11 is 0. The number of carbonyl (C=O) groups excluding carboxylic acids is 1. The molecule has 0 bridgehead atoms. The highest BCUT2D eigenvalue weighted by Crippen LogP contribution is 2.16. The van der Waals surface area contributed by atoms with Gasteiger partial charge in [0.1, 0.15) is 9.84 Å². The van der Waals surface area contributed by atoms with Crippen molar-refractivity contribution in [2.24, 2.45) is 5.92 Å². The SMILES string of the molecule is CS(=O)(=O)CCN1CC(CO)CC1=O. The summed E-state index contributed by atoms with van der Waals surface area (Å²) in [5.41, 5.74) is 0. The third-order valence-corrected chi connectivity index (χ3v) is 3.21. The van der Waals surface area contributed by atoms with E-state index in [9.17, 15) is 13.2 Å².